The number of hydrogen-bond donors (Lipinski definition) is 0. The first-order valence-corrected chi connectivity index (χ1v) is 7.69. The fourth-order valence-corrected chi connectivity index (χ4v) is 3.58. The monoisotopic (exact) mass is 365 g/mol. The lowest BCUT2D eigenvalue weighted by Crippen LogP contribution is -2.19. The zero-order valence-corrected chi connectivity index (χ0v) is 13.4. The van der Waals surface area contributed by atoms with E-state index < -0.39 is 0 Å². The summed E-state index contributed by atoms with van der Waals surface area (Å²) in [5.74, 6) is 1.07. The van der Waals surface area contributed by atoms with Crippen LogP contribution in [-0.2, 0) is 12.4 Å². The molecule has 18 heavy (non-hydrogen) atoms. The summed E-state index contributed by atoms with van der Waals surface area (Å²) in [4.78, 5) is 11.4. The van der Waals surface area contributed by atoms with Crippen molar-refractivity contribution in [3.63, 3.8) is 0 Å². The first kappa shape index (κ1) is 14.1. The van der Waals surface area contributed by atoms with Gasteiger partial charge in [-0.1, -0.05) is 11.6 Å². The molecule has 0 radical (unpaired) electrons. The molecule has 3 nitrogen and oxygen atoms in total. The van der Waals surface area contributed by atoms with E-state index in [9.17, 15) is 0 Å². The molecule has 0 fully saturated rings. The lowest BCUT2D eigenvalue weighted by molar-refractivity contribution is 0.892. The minimum atomic E-state index is 0.299. The Morgan fingerprint density at radius 1 is 1.44 bits per heavy atom. The lowest BCUT2D eigenvalue weighted by Gasteiger charge is -2.19. The van der Waals surface area contributed by atoms with Gasteiger partial charge in [0.05, 0.1) is 12.4 Å². The quantitative estimate of drug-likeness (QED) is 0.595. The van der Waals surface area contributed by atoms with Crippen molar-refractivity contribution in [3.8, 4) is 0 Å². The predicted molar refractivity (Wildman–Crippen MR) is 80.7 cm³/mol. The van der Waals surface area contributed by atoms with Gasteiger partial charge in [-0.15, -0.1) is 22.9 Å². The fourth-order valence-electron chi connectivity index (χ4n) is 1.57. The van der Waals surface area contributed by atoms with Crippen molar-refractivity contribution < 1.29 is 0 Å². The van der Waals surface area contributed by atoms with Crippen LogP contribution in [0.15, 0.2) is 22.2 Å². The molecule has 2 rings (SSSR count). The molecule has 7 heteroatoms. The highest BCUT2D eigenvalue weighted by Gasteiger charge is 2.13. The zero-order valence-electron chi connectivity index (χ0n) is 9.53. The molecule has 0 amide bonds. The maximum Gasteiger partial charge on any atom is 0.138 e. The SMILES string of the molecule is CN(Cc1cc(Br)cs1)c1ncnc(Cl)c1CCl. The molecule has 2 aromatic rings. The summed E-state index contributed by atoms with van der Waals surface area (Å²) < 4.78 is 1.09. The van der Waals surface area contributed by atoms with E-state index in [4.69, 9.17) is 23.2 Å². The van der Waals surface area contributed by atoms with E-state index in [1.54, 1.807) is 11.3 Å². The third kappa shape index (κ3) is 3.15. The molecule has 0 spiro atoms. The predicted octanol–water partition coefficient (Wildman–Crippen LogP) is 4.33. The Hall–Kier alpha value is -0.360. The Morgan fingerprint density at radius 3 is 2.83 bits per heavy atom. The smallest absolute Gasteiger partial charge is 0.138 e. The molecule has 0 aliphatic rings. The van der Waals surface area contributed by atoms with Gasteiger partial charge in [0.25, 0.3) is 0 Å². The van der Waals surface area contributed by atoms with E-state index >= 15 is 0 Å². The van der Waals surface area contributed by atoms with Gasteiger partial charge in [-0.2, -0.15) is 0 Å². The summed E-state index contributed by atoms with van der Waals surface area (Å²) in [6.45, 7) is 0.757. The van der Waals surface area contributed by atoms with Crippen molar-refractivity contribution in [3.05, 3.63) is 37.8 Å². The zero-order chi connectivity index (χ0) is 13.1. The molecule has 0 aromatic carbocycles. The number of alkyl halides is 1. The van der Waals surface area contributed by atoms with Crippen LogP contribution < -0.4 is 4.90 Å². The van der Waals surface area contributed by atoms with Gasteiger partial charge in [-0.25, -0.2) is 9.97 Å². The van der Waals surface area contributed by atoms with Crippen molar-refractivity contribution in [1.82, 2.24) is 9.97 Å². The molecule has 2 heterocycles. The summed E-state index contributed by atoms with van der Waals surface area (Å²) in [6.07, 6.45) is 1.45. The van der Waals surface area contributed by atoms with Crippen molar-refractivity contribution >= 4 is 56.3 Å². The third-order valence-electron chi connectivity index (χ3n) is 2.38. The van der Waals surface area contributed by atoms with Gasteiger partial charge in [0.1, 0.15) is 17.3 Å². The third-order valence-corrected chi connectivity index (χ3v) is 4.66. The summed E-state index contributed by atoms with van der Waals surface area (Å²) in [5, 5.41) is 2.47. The minimum Gasteiger partial charge on any atom is -0.354 e. The Bertz CT molecular complexity index is 547. The van der Waals surface area contributed by atoms with Crippen LogP contribution in [0.4, 0.5) is 5.82 Å². The lowest BCUT2D eigenvalue weighted by atomic mass is 10.3. The average molecular weight is 367 g/mol. The van der Waals surface area contributed by atoms with Crippen LogP contribution in [0.1, 0.15) is 10.4 Å². The second kappa shape index (κ2) is 6.19. The highest BCUT2D eigenvalue weighted by molar-refractivity contribution is 9.10. The molecule has 0 N–H and O–H groups in total. The molecule has 0 bridgehead atoms. The molecular weight excluding hydrogens is 357 g/mol. The van der Waals surface area contributed by atoms with Crippen molar-refractivity contribution in [2.45, 2.75) is 12.4 Å². The van der Waals surface area contributed by atoms with Crippen LogP contribution in [0.25, 0.3) is 0 Å². The van der Waals surface area contributed by atoms with E-state index in [0.717, 1.165) is 22.4 Å². The molecule has 0 atom stereocenters. The second-order valence-corrected chi connectivity index (χ2v) is 6.22. The van der Waals surface area contributed by atoms with Crippen LogP contribution in [0, 0.1) is 0 Å². The van der Waals surface area contributed by atoms with E-state index in [2.05, 4.69) is 37.3 Å². The van der Waals surface area contributed by atoms with Crippen molar-refractivity contribution in [2.75, 3.05) is 11.9 Å². The van der Waals surface area contributed by atoms with E-state index in [1.807, 2.05) is 11.9 Å². The van der Waals surface area contributed by atoms with Crippen LogP contribution in [0.3, 0.4) is 0 Å². The van der Waals surface area contributed by atoms with E-state index in [1.165, 1.54) is 11.2 Å². The summed E-state index contributed by atoms with van der Waals surface area (Å²) in [6, 6.07) is 2.09. The molecule has 0 saturated carbocycles. The highest BCUT2D eigenvalue weighted by atomic mass is 79.9. The topological polar surface area (TPSA) is 29.0 Å². The Morgan fingerprint density at radius 2 is 2.22 bits per heavy atom. The number of halogens is 3. The number of aromatic nitrogens is 2. The van der Waals surface area contributed by atoms with Crippen LogP contribution in [0.5, 0.6) is 0 Å². The Kier molecular flexibility index (Phi) is 4.84. The van der Waals surface area contributed by atoms with Crippen LogP contribution in [0.2, 0.25) is 5.15 Å². The molecule has 0 aliphatic carbocycles. The molecule has 2 aromatic heterocycles. The summed E-state index contributed by atoms with van der Waals surface area (Å²) in [7, 11) is 1.96. The van der Waals surface area contributed by atoms with Gasteiger partial charge in [0.2, 0.25) is 0 Å². The number of rotatable bonds is 4. The Balaban J connectivity index is 2.23. The van der Waals surface area contributed by atoms with Gasteiger partial charge < -0.3 is 4.90 Å². The van der Waals surface area contributed by atoms with Gasteiger partial charge in [-0.3, -0.25) is 0 Å². The largest absolute Gasteiger partial charge is 0.354 e. The average Bonchev–Trinajstić information content (AvgIpc) is 2.74. The van der Waals surface area contributed by atoms with Gasteiger partial charge in [0, 0.05) is 27.3 Å². The molecule has 0 saturated heterocycles. The minimum absolute atomic E-state index is 0.299. The van der Waals surface area contributed by atoms with E-state index in [-0.39, 0.29) is 0 Å². The highest BCUT2D eigenvalue weighted by Crippen LogP contribution is 2.27. The van der Waals surface area contributed by atoms with Gasteiger partial charge in [-0.05, 0) is 22.0 Å². The number of nitrogens with zero attached hydrogens (tertiary/aromatic N) is 3. The van der Waals surface area contributed by atoms with Gasteiger partial charge in [0.15, 0.2) is 0 Å². The first-order valence-electron chi connectivity index (χ1n) is 5.11. The second-order valence-electron chi connectivity index (χ2n) is 3.69. The maximum atomic E-state index is 6.01. The molecule has 0 aliphatic heterocycles. The Labute approximate surface area is 128 Å². The number of hydrogen-bond acceptors (Lipinski definition) is 4. The molecular formula is C11H10BrCl2N3S. The fraction of sp³-hybridized carbons (Fsp3) is 0.273. The molecule has 0 unspecified atom stereocenters. The molecule has 96 valence electrons. The van der Waals surface area contributed by atoms with Crippen molar-refractivity contribution in [2.24, 2.45) is 0 Å². The van der Waals surface area contributed by atoms with Gasteiger partial charge >= 0.3 is 0 Å². The maximum absolute atomic E-state index is 6.01. The summed E-state index contributed by atoms with van der Waals surface area (Å²) in [5.41, 5.74) is 0.763. The van der Waals surface area contributed by atoms with Crippen LogP contribution in [-0.4, -0.2) is 17.0 Å². The van der Waals surface area contributed by atoms with Crippen LogP contribution >= 0.6 is 50.5 Å². The summed E-state index contributed by atoms with van der Waals surface area (Å²) >= 11 is 17.0. The van der Waals surface area contributed by atoms with E-state index in [0.29, 0.717) is 11.0 Å². The first-order chi connectivity index (χ1) is 8.61. The standard InChI is InChI=1S/C11H10BrCl2N3S/c1-17(4-8-2-7(12)5-18-8)11-9(3-13)10(14)15-6-16-11/h2,5-6H,3-4H2,1H3. The number of thiophene rings is 1. The number of anilines is 1. The van der Waals surface area contributed by atoms with Crippen molar-refractivity contribution in [1.29, 1.82) is 0 Å². The normalized spacial score (nSPS) is 10.7.